The van der Waals surface area contributed by atoms with Crippen molar-refractivity contribution in [2.75, 3.05) is 19.8 Å². The summed E-state index contributed by atoms with van der Waals surface area (Å²) in [4.78, 5) is 22.1. The maximum Gasteiger partial charge on any atom is 0.261 e. The van der Waals surface area contributed by atoms with Gasteiger partial charge in [0.1, 0.15) is 0 Å². The highest BCUT2D eigenvalue weighted by Crippen LogP contribution is 2.42. The Bertz CT molecular complexity index is 374. The second-order valence-corrected chi connectivity index (χ2v) is 14.4. The van der Waals surface area contributed by atoms with E-state index < -0.39 is 13.9 Å². The van der Waals surface area contributed by atoms with Gasteiger partial charge in [0.15, 0.2) is 8.32 Å². The average molecular weight is 392 g/mol. The number of hydrogen-bond acceptors (Lipinski definition) is 5. The van der Waals surface area contributed by atoms with E-state index in [1.807, 2.05) is 20.8 Å². The SMILES string of the molecule is CC(C)[Si](OCC(CCO)CON(C=O)OC(C)(C)C)(C(C)C)C(C)C. The lowest BCUT2D eigenvalue weighted by molar-refractivity contribution is -0.370. The molecule has 0 bridgehead atoms. The lowest BCUT2D eigenvalue weighted by Crippen LogP contribution is -2.49. The molecule has 0 radical (unpaired) electrons. The third-order valence-corrected chi connectivity index (χ3v) is 10.8. The van der Waals surface area contributed by atoms with Crippen molar-refractivity contribution in [3.63, 3.8) is 0 Å². The lowest BCUT2D eigenvalue weighted by Gasteiger charge is -2.43. The summed E-state index contributed by atoms with van der Waals surface area (Å²) in [6.07, 6.45) is 1.07. The van der Waals surface area contributed by atoms with Crippen molar-refractivity contribution in [1.82, 2.24) is 5.23 Å². The van der Waals surface area contributed by atoms with Crippen molar-refractivity contribution in [3.05, 3.63) is 0 Å². The van der Waals surface area contributed by atoms with E-state index in [4.69, 9.17) is 14.1 Å². The molecule has 0 saturated carbocycles. The topological polar surface area (TPSA) is 68.2 Å². The molecule has 1 N–H and O–H groups in total. The van der Waals surface area contributed by atoms with Crippen LogP contribution in [-0.4, -0.2) is 50.5 Å². The van der Waals surface area contributed by atoms with E-state index in [9.17, 15) is 9.90 Å². The van der Waals surface area contributed by atoms with Gasteiger partial charge in [0, 0.05) is 19.1 Å². The molecule has 0 rings (SSSR count). The Labute approximate surface area is 161 Å². The molecule has 156 valence electrons. The molecule has 0 aliphatic rings. The fourth-order valence-corrected chi connectivity index (χ4v) is 9.21. The molecule has 0 aliphatic carbocycles. The van der Waals surface area contributed by atoms with Crippen LogP contribution in [0.15, 0.2) is 0 Å². The third-order valence-electron chi connectivity index (χ3n) is 4.70. The Balaban J connectivity index is 4.97. The maximum absolute atomic E-state index is 11.1. The van der Waals surface area contributed by atoms with E-state index in [0.717, 1.165) is 5.23 Å². The Morgan fingerprint density at radius 1 is 1.00 bits per heavy atom. The molecule has 26 heavy (non-hydrogen) atoms. The highest BCUT2D eigenvalue weighted by molar-refractivity contribution is 6.77. The molecule has 7 heteroatoms. The van der Waals surface area contributed by atoms with E-state index in [2.05, 4.69) is 41.5 Å². The van der Waals surface area contributed by atoms with Gasteiger partial charge in [-0.3, -0.25) is 4.79 Å². The summed E-state index contributed by atoms with van der Waals surface area (Å²) < 4.78 is 6.60. The molecule has 0 aliphatic heterocycles. The zero-order valence-electron chi connectivity index (χ0n) is 18.2. The number of carbonyl (C=O) groups excluding carboxylic acids is 1. The summed E-state index contributed by atoms with van der Waals surface area (Å²) in [6, 6.07) is 0. The number of hydroxylamine groups is 2. The standard InChI is InChI=1S/C19H41NO5Si/c1-15(2)26(16(3)4,17(5)6)24-13-18(10-11-21)12-23-20(14-22)25-19(7,8)9/h14-18,21H,10-13H2,1-9H3. The van der Waals surface area contributed by atoms with Crippen molar-refractivity contribution in [1.29, 1.82) is 0 Å². The van der Waals surface area contributed by atoms with Gasteiger partial charge in [-0.25, -0.2) is 9.68 Å². The molecule has 0 saturated heterocycles. The normalized spacial score (nSPS) is 14.3. The van der Waals surface area contributed by atoms with Crippen LogP contribution in [0.3, 0.4) is 0 Å². The van der Waals surface area contributed by atoms with Gasteiger partial charge in [0.2, 0.25) is 0 Å². The summed E-state index contributed by atoms with van der Waals surface area (Å²) >= 11 is 0. The first-order valence-electron chi connectivity index (χ1n) is 9.72. The van der Waals surface area contributed by atoms with Crippen molar-refractivity contribution in [2.24, 2.45) is 5.92 Å². The van der Waals surface area contributed by atoms with E-state index in [1.54, 1.807) is 0 Å². The summed E-state index contributed by atoms with van der Waals surface area (Å²) in [5.74, 6) is -0.00542. The van der Waals surface area contributed by atoms with E-state index in [0.29, 0.717) is 36.1 Å². The molecule has 1 amide bonds. The third kappa shape index (κ3) is 8.04. The van der Waals surface area contributed by atoms with Crippen LogP contribution >= 0.6 is 0 Å². The van der Waals surface area contributed by atoms with Gasteiger partial charge < -0.3 is 9.53 Å². The molecule has 0 spiro atoms. The van der Waals surface area contributed by atoms with Crippen LogP contribution in [0, 0.1) is 5.92 Å². The van der Waals surface area contributed by atoms with Crippen molar-refractivity contribution in [3.8, 4) is 0 Å². The maximum atomic E-state index is 11.1. The smallest absolute Gasteiger partial charge is 0.261 e. The minimum absolute atomic E-state index is 0.00542. The zero-order chi connectivity index (χ0) is 20.5. The Kier molecular flexibility index (Phi) is 11.2. The van der Waals surface area contributed by atoms with Gasteiger partial charge in [0.05, 0.1) is 12.2 Å². The monoisotopic (exact) mass is 391 g/mol. The van der Waals surface area contributed by atoms with Gasteiger partial charge >= 0.3 is 0 Å². The van der Waals surface area contributed by atoms with Crippen molar-refractivity contribution >= 4 is 14.7 Å². The van der Waals surface area contributed by atoms with E-state index in [-0.39, 0.29) is 19.1 Å². The minimum Gasteiger partial charge on any atom is -0.416 e. The Morgan fingerprint density at radius 3 is 1.85 bits per heavy atom. The molecular formula is C19H41NO5Si. The number of amides is 1. The van der Waals surface area contributed by atoms with Crippen molar-refractivity contribution in [2.45, 2.75) is 91.0 Å². The summed E-state index contributed by atoms with van der Waals surface area (Å²) in [7, 11) is -1.97. The van der Waals surface area contributed by atoms with Crippen LogP contribution in [0.5, 0.6) is 0 Å². The average Bonchev–Trinajstić information content (AvgIpc) is 2.49. The molecule has 0 aromatic carbocycles. The van der Waals surface area contributed by atoms with Gasteiger partial charge in [0.25, 0.3) is 6.41 Å². The van der Waals surface area contributed by atoms with Crippen LogP contribution in [-0.2, 0) is 18.9 Å². The number of aliphatic hydroxyl groups is 1. The predicted octanol–water partition coefficient (Wildman–Crippen LogP) is 4.30. The predicted molar refractivity (Wildman–Crippen MR) is 107 cm³/mol. The minimum atomic E-state index is -1.97. The van der Waals surface area contributed by atoms with Gasteiger partial charge in [-0.1, -0.05) is 46.8 Å². The number of rotatable bonds is 13. The summed E-state index contributed by atoms with van der Waals surface area (Å²) in [5.41, 5.74) is 0.954. The second-order valence-electron chi connectivity index (χ2n) is 8.90. The molecule has 1 unspecified atom stereocenters. The molecule has 0 fully saturated rings. The Hall–Kier alpha value is -0.473. The number of nitrogens with zero attached hydrogens (tertiary/aromatic N) is 1. The second kappa shape index (κ2) is 11.4. The first-order valence-corrected chi connectivity index (χ1v) is 11.9. The summed E-state index contributed by atoms with van der Waals surface area (Å²) in [5, 5.41) is 10.3. The van der Waals surface area contributed by atoms with Crippen molar-refractivity contribution < 1.29 is 24.0 Å². The fraction of sp³-hybridized carbons (Fsp3) is 0.947. The molecule has 0 aromatic rings. The van der Waals surface area contributed by atoms with E-state index in [1.165, 1.54) is 0 Å². The van der Waals surface area contributed by atoms with Gasteiger partial charge in [-0.2, -0.15) is 0 Å². The number of hydrogen-bond donors (Lipinski definition) is 1. The van der Waals surface area contributed by atoms with Crippen LogP contribution in [0.1, 0.15) is 68.7 Å². The van der Waals surface area contributed by atoms with Crippen LogP contribution < -0.4 is 0 Å². The number of aliphatic hydroxyl groups excluding tert-OH is 1. The van der Waals surface area contributed by atoms with E-state index >= 15 is 0 Å². The lowest BCUT2D eigenvalue weighted by atomic mass is 10.1. The van der Waals surface area contributed by atoms with Crippen LogP contribution in [0.4, 0.5) is 0 Å². The van der Waals surface area contributed by atoms with Crippen LogP contribution in [0.2, 0.25) is 16.6 Å². The summed E-state index contributed by atoms with van der Waals surface area (Å²) in [6.45, 7) is 19.8. The van der Waals surface area contributed by atoms with Gasteiger partial charge in [-0.15, -0.1) is 0 Å². The number of carbonyl (C=O) groups is 1. The molecule has 0 heterocycles. The largest absolute Gasteiger partial charge is 0.416 e. The first kappa shape index (κ1) is 25.5. The molecule has 0 aromatic heterocycles. The first-order chi connectivity index (χ1) is 11.9. The zero-order valence-corrected chi connectivity index (χ0v) is 19.2. The highest BCUT2D eigenvalue weighted by Gasteiger charge is 2.45. The molecule has 6 nitrogen and oxygen atoms in total. The fourth-order valence-electron chi connectivity index (χ4n) is 3.69. The molecule has 1 atom stereocenters. The molecular weight excluding hydrogens is 350 g/mol. The quantitative estimate of drug-likeness (QED) is 0.288. The highest BCUT2D eigenvalue weighted by atomic mass is 28.4. The Morgan fingerprint density at radius 2 is 1.50 bits per heavy atom. The van der Waals surface area contributed by atoms with Gasteiger partial charge in [-0.05, 0) is 43.8 Å². The van der Waals surface area contributed by atoms with Crippen LogP contribution in [0.25, 0.3) is 0 Å².